The average Bonchev–Trinajstić information content (AvgIpc) is 2.41. The molecule has 2 rings (SSSR count). The molecule has 2 aromatic rings. The van der Waals surface area contributed by atoms with Crippen molar-refractivity contribution in [1.29, 1.82) is 0 Å². The minimum Gasteiger partial charge on any atom is -0.494 e. The molecule has 0 bridgehead atoms. The second kappa shape index (κ2) is 6.50. The third-order valence-corrected chi connectivity index (χ3v) is 4.02. The highest BCUT2D eigenvalue weighted by molar-refractivity contribution is 9.11. The Labute approximate surface area is 133 Å². The van der Waals surface area contributed by atoms with Crippen LogP contribution < -0.4 is 4.74 Å². The molecule has 2 aromatic carbocycles. The summed E-state index contributed by atoms with van der Waals surface area (Å²) < 4.78 is 19.8. The Bertz CT molecular complexity index is 656. The van der Waals surface area contributed by atoms with Crippen LogP contribution in [0.5, 0.6) is 5.75 Å². The molecule has 0 aliphatic carbocycles. The fourth-order valence-corrected chi connectivity index (χ4v) is 2.72. The molecule has 0 unspecified atom stereocenters. The summed E-state index contributed by atoms with van der Waals surface area (Å²) in [6, 6.07) is 9.14. The molecular weight excluding hydrogens is 391 g/mol. The van der Waals surface area contributed by atoms with E-state index in [2.05, 4.69) is 31.9 Å². The van der Waals surface area contributed by atoms with E-state index in [1.165, 1.54) is 18.2 Å². The summed E-state index contributed by atoms with van der Waals surface area (Å²) in [5.74, 6) is -0.0286. The molecule has 0 aromatic heterocycles. The number of rotatable bonds is 4. The van der Waals surface area contributed by atoms with Gasteiger partial charge in [0.15, 0.2) is 5.78 Å². The Kier molecular flexibility index (Phi) is 4.94. The van der Waals surface area contributed by atoms with Gasteiger partial charge in [0, 0.05) is 20.1 Å². The number of ketones is 1. The third-order valence-electron chi connectivity index (χ3n) is 2.67. The highest BCUT2D eigenvalue weighted by Crippen LogP contribution is 2.28. The Hall–Kier alpha value is -1.20. The molecule has 0 atom stereocenters. The number of benzene rings is 2. The molecule has 0 heterocycles. The summed E-state index contributed by atoms with van der Waals surface area (Å²) in [7, 11) is 0. The average molecular weight is 402 g/mol. The molecule has 0 saturated carbocycles. The first-order chi connectivity index (χ1) is 9.52. The van der Waals surface area contributed by atoms with E-state index >= 15 is 0 Å². The number of hydrogen-bond acceptors (Lipinski definition) is 2. The summed E-state index contributed by atoms with van der Waals surface area (Å²) in [6.07, 6.45) is 0. The summed E-state index contributed by atoms with van der Waals surface area (Å²) >= 11 is 6.61. The van der Waals surface area contributed by atoms with Crippen molar-refractivity contribution in [3.8, 4) is 5.75 Å². The molecule has 0 radical (unpaired) electrons. The van der Waals surface area contributed by atoms with Gasteiger partial charge in [-0.3, -0.25) is 4.79 Å². The van der Waals surface area contributed by atoms with Crippen LogP contribution in [0, 0.1) is 5.82 Å². The minimum atomic E-state index is -0.446. The van der Waals surface area contributed by atoms with E-state index in [9.17, 15) is 9.18 Å². The Morgan fingerprint density at radius 3 is 2.50 bits per heavy atom. The van der Waals surface area contributed by atoms with Crippen LogP contribution >= 0.6 is 31.9 Å². The van der Waals surface area contributed by atoms with E-state index in [4.69, 9.17) is 4.74 Å². The third kappa shape index (κ3) is 3.27. The van der Waals surface area contributed by atoms with Crippen LogP contribution in [-0.2, 0) is 0 Å². The number of halogens is 3. The van der Waals surface area contributed by atoms with Gasteiger partial charge in [-0.15, -0.1) is 0 Å². The fourth-order valence-electron chi connectivity index (χ4n) is 1.75. The van der Waals surface area contributed by atoms with Crippen molar-refractivity contribution < 1.29 is 13.9 Å². The molecule has 0 aliphatic heterocycles. The van der Waals surface area contributed by atoms with E-state index in [0.29, 0.717) is 26.9 Å². The molecule has 20 heavy (non-hydrogen) atoms. The van der Waals surface area contributed by atoms with Crippen LogP contribution in [0.3, 0.4) is 0 Å². The van der Waals surface area contributed by atoms with Crippen molar-refractivity contribution >= 4 is 37.6 Å². The van der Waals surface area contributed by atoms with E-state index < -0.39 is 5.82 Å². The molecule has 0 N–H and O–H groups in total. The second-order valence-corrected chi connectivity index (χ2v) is 5.74. The van der Waals surface area contributed by atoms with Crippen molar-refractivity contribution in [3.63, 3.8) is 0 Å². The van der Waals surface area contributed by atoms with Gasteiger partial charge in [-0.05, 0) is 59.3 Å². The van der Waals surface area contributed by atoms with Gasteiger partial charge in [0.05, 0.1) is 6.61 Å². The van der Waals surface area contributed by atoms with Gasteiger partial charge in [-0.2, -0.15) is 0 Å². The van der Waals surface area contributed by atoms with Gasteiger partial charge in [0.25, 0.3) is 0 Å². The Balaban J connectivity index is 2.40. The second-order valence-electron chi connectivity index (χ2n) is 4.03. The van der Waals surface area contributed by atoms with Crippen molar-refractivity contribution in [2.45, 2.75) is 6.92 Å². The van der Waals surface area contributed by atoms with E-state index in [-0.39, 0.29) is 11.3 Å². The zero-order valence-electron chi connectivity index (χ0n) is 10.6. The first-order valence-electron chi connectivity index (χ1n) is 5.95. The van der Waals surface area contributed by atoms with Crippen LogP contribution in [0.2, 0.25) is 0 Å². The number of ether oxygens (including phenoxy) is 1. The number of carbonyl (C=O) groups is 1. The first-order valence-corrected chi connectivity index (χ1v) is 7.53. The largest absolute Gasteiger partial charge is 0.494 e. The molecule has 0 amide bonds. The molecule has 2 nitrogen and oxygen atoms in total. The number of hydrogen-bond donors (Lipinski definition) is 0. The van der Waals surface area contributed by atoms with Gasteiger partial charge in [-0.1, -0.05) is 15.9 Å². The topological polar surface area (TPSA) is 26.3 Å². The van der Waals surface area contributed by atoms with Crippen LogP contribution in [0.4, 0.5) is 4.39 Å². The van der Waals surface area contributed by atoms with E-state index in [1.807, 2.05) is 6.92 Å². The van der Waals surface area contributed by atoms with Gasteiger partial charge in [0.2, 0.25) is 0 Å². The lowest BCUT2D eigenvalue weighted by Gasteiger charge is -2.08. The maximum Gasteiger partial charge on any atom is 0.195 e. The van der Waals surface area contributed by atoms with Gasteiger partial charge in [-0.25, -0.2) is 4.39 Å². The SMILES string of the molecule is CCOc1ccc(C(=O)c2cc(F)ccc2Br)c(Br)c1. The molecule has 0 spiro atoms. The molecule has 0 fully saturated rings. The van der Waals surface area contributed by atoms with Crippen LogP contribution in [0.1, 0.15) is 22.8 Å². The van der Waals surface area contributed by atoms with E-state index in [1.54, 1.807) is 18.2 Å². The molecule has 0 saturated heterocycles. The highest BCUT2D eigenvalue weighted by Gasteiger charge is 2.16. The lowest BCUT2D eigenvalue weighted by molar-refractivity contribution is 0.103. The number of carbonyl (C=O) groups excluding carboxylic acids is 1. The zero-order chi connectivity index (χ0) is 14.7. The van der Waals surface area contributed by atoms with Gasteiger partial charge >= 0.3 is 0 Å². The molecule has 104 valence electrons. The van der Waals surface area contributed by atoms with Crippen molar-refractivity contribution in [1.82, 2.24) is 0 Å². The Morgan fingerprint density at radius 1 is 1.10 bits per heavy atom. The molecule has 0 aliphatic rings. The van der Waals surface area contributed by atoms with Crippen LogP contribution in [0.25, 0.3) is 0 Å². The monoisotopic (exact) mass is 400 g/mol. The lowest BCUT2D eigenvalue weighted by Crippen LogP contribution is -2.04. The summed E-state index contributed by atoms with van der Waals surface area (Å²) in [5.41, 5.74) is 0.745. The molecule has 5 heteroatoms. The normalized spacial score (nSPS) is 10.4. The Morgan fingerprint density at radius 2 is 1.85 bits per heavy atom. The minimum absolute atomic E-state index is 0.258. The smallest absolute Gasteiger partial charge is 0.195 e. The van der Waals surface area contributed by atoms with Crippen LogP contribution in [0.15, 0.2) is 45.3 Å². The summed E-state index contributed by atoms with van der Waals surface area (Å²) in [4.78, 5) is 12.4. The molecular formula is C15H11Br2FO2. The van der Waals surface area contributed by atoms with Crippen LogP contribution in [-0.4, -0.2) is 12.4 Å². The van der Waals surface area contributed by atoms with Crippen molar-refractivity contribution in [2.24, 2.45) is 0 Å². The summed E-state index contributed by atoms with van der Waals surface area (Å²) in [6.45, 7) is 2.44. The highest BCUT2D eigenvalue weighted by atomic mass is 79.9. The zero-order valence-corrected chi connectivity index (χ0v) is 13.8. The van der Waals surface area contributed by atoms with Gasteiger partial charge in [0.1, 0.15) is 11.6 Å². The van der Waals surface area contributed by atoms with Crippen molar-refractivity contribution in [3.05, 3.63) is 62.3 Å². The summed E-state index contributed by atoms with van der Waals surface area (Å²) in [5, 5.41) is 0. The lowest BCUT2D eigenvalue weighted by atomic mass is 10.0. The standard InChI is InChI=1S/C15H11Br2FO2/c1-2-20-10-4-5-11(14(17)8-10)15(19)12-7-9(18)3-6-13(12)16/h3-8H,2H2,1H3. The maximum absolute atomic E-state index is 13.3. The first kappa shape index (κ1) is 15.2. The van der Waals surface area contributed by atoms with Gasteiger partial charge < -0.3 is 4.74 Å². The quantitative estimate of drug-likeness (QED) is 0.675. The van der Waals surface area contributed by atoms with Crippen molar-refractivity contribution in [2.75, 3.05) is 6.61 Å². The predicted octanol–water partition coefficient (Wildman–Crippen LogP) is 4.98. The predicted molar refractivity (Wildman–Crippen MR) is 82.8 cm³/mol. The fraction of sp³-hybridized carbons (Fsp3) is 0.133. The van der Waals surface area contributed by atoms with E-state index in [0.717, 1.165) is 0 Å². The maximum atomic E-state index is 13.3.